The molecule has 128 valence electrons. The highest BCUT2D eigenvalue weighted by Gasteiger charge is 2.39. The van der Waals surface area contributed by atoms with Gasteiger partial charge in [-0.15, -0.1) is 0 Å². The van der Waals surface area contributed by atoms with Crippen LogP contribution in [-0.2, 0) is 11.8 Å². The normalized spacial score (nSPS) is 19.7. The second-order valence-corrected chi connectivity index (χ2v) is 6.26. The third-order valence-electron chi connectivity index (χ3n) is 4.56. The molecule has 0 bridgehead atoms. The van der Waals surface area contributed by atoms with Crippen LogP contribution in [0.2, 0.25) is 0 Å². The summed E-state index contributed by atoms with van der Waals surface area (Å²) in [6.45, 7) is 0.397. The number of carbonyl (C=O) groups is 2. The van der Waals surface area contributed by atoms with Crippen LogP contribution in [0.1, 0.15) is 33.9 Å². The first kappa shape index (κ1) is 16.7. The van der Waals surface area contributed by atoms with Gasteiger partial charge in [-0.25, -0.2) is 0 Å². The maximum Gasteiger partial charge on any atom is 0.251 e. The zero-order valence-corrected chi connectivity index (χ0v) is 14.1. The van der Waals surface area contributed by atoms with Gasteiger partial charge in [0.25, 0.3) is 5.91 Å². The van der Waals surface area contributed by atoms with Crippen LogP contribution in [0.15, 0.2) is 36.7 Å². The molecule has 2 atom stereocenters. The molecule has 3 rings (SSSR count). The zero-order chi connectivity index (χ0) is 18.0. The van der Waals surface area contributed by atoms with E-state index in [4.69, 9.17) is 5.26 Å². The molecule has 7 nitrogen and oxygen atoms in total. The fraction of sp³-hybridized carbons (Fsp3) is 0.333. The molecule has 0 radical (unpaired) electrons. The Hall–Kier alpha value is -3.14. The summed E-state index contributed by atoms with van der Waals surface area (Å²) >= 11 is 0. The van der Waals surface area contributed by atoms with Crippen molar-refractivity contribution in [3.05, 3.63) is 53.3 Å². The van der Waals surface area contributed by atoms with Crippen LogP contribution in [0.3, 0.4) is 0 Å². The quantitative estimate of drug-likeness (QED) is 0.909. The van der Waals surface area contributed by atoms with Crippen molar-refractivity contribution in [3.63, 3.8) is 0 Å². The molecule has 0 aliphatic carbocycles. The Morgan fingerprint density at radius 2 is 2.08 bits per heavy atom. The average Bonchev–Trinajstić information content (AvgIpc) is 3.16. The van der Waals surface area contributed by atoms with Crippen molar-refractivity contribution in [2.24, 2.45) is 13.0 Å². The van der Waals surface area contributed by atoms with Gasteiger partial charge in [-0.3, -0.25) is 14.3 Å². The van der Waals surface area contributed by atoms with E-state index in [9.17, 15) is 9.59 Å². The predicted molar refractivity (Wildman–Crippen MR) is 90.3 cm³/mol. The minimum atomic E-state index is -0.212. The number of hydrogen-bond donors (Lipinski definition) is 1. The number of benzene rings is 1. The molecule has 2 aromatic rings. The predicted octanol–water partition coefficient (Wildman–Crippen LogP) is 1.24. The van der Waals surface area contributed by atoms with Crippen molar-refractivity contribution in [1.82, 2.24) is 20.0 Å². The van der Waals surface area contributed by atoms with Crippen LogP contribution in [0.25, 0.3) is 0 Å². The summed E-state index contributed by atoms with van der Waals surface area (Å²) in [6, 6.07) is 8.40. The molecule has 0 unspecified atom stereocenters. The van der Waals surface area contributed by atoms with Crippen molar-refractivity contribution in [1.29, 1.82) is 5.26 Å². The second kappa shape index (κ2) is 6.77. The summed E-state index contributed by atoms with van der Waals surface area (Å²) < 4.78 is 1.71. The lowest BCUT2D eigenvalue weighted by atomic mass is 9.95. The average molecular weight is 337 g/mol. The van der Waals surface area contributed by atoms with E-state index in [2.05, 4.69) is 10.4 Å². The lowest BCUT2D eigenvalue weighted by molar-refractivity contribution is -0.127. The minimum absolute atomic E-state index is 0.0102. The Bertz CT molecular complexity index is 834. The molecule has 7 heteroatoms. The molecule has 1 aromatic carbocycles. The smallest absolute Gasteiger partial charge is 0.251 e. The molecule has 1 aliphatic heterocycles. The van der Waals surface area contributed by atoms with Crippen molar-refractivity contribution < 1.29 is 9.59 Å². The summed E-state index contributed by atoms with van der Waals surface area (Å²) in [4.78, 5) is 26.1. The fourth-order valence-electron chi connectivity index (χ4n) is 3.25. The maximum atomic E-state index is 12.3. The molecule has 0 saturated carbocycles. The number of aromatic nitrogens is 2. The SMILES string of the molecule is CN1C(=O)C[C@@H](CNC(=O)c2ccc(C#N)cc2)[C@@H]1c1cnn(C)c1. The summed E-state index contributed by atoms with van der Waals surface area (Å²) in [5.41, 5.74) is 1.97. The van der Waals surface area contributed by atoms with Crippen LogP contribution >= 0.6 is 0 Å². The molecule has 0 spiro atoms. The highest BCUT2D eigenvalue weighted by atomic mass is 16.2. The first-order valence-corrected chi connectivity index (χ1v) is 8.02. The Morgan fingerprint density at radius 1 is 1.36 bits per heavy atom. The van der Waals surface area contributed by atoms with Crippen molar-refractivity contribution >= 4 is 11.8 Å². The molecule has 1 fully saturated rings. The number of amides is 2. The number of nitrogens with zero attached hydrogens (tertiary/aromatic N) is 4. The monoisotopic (exact) mass is 337 g/mol. The Kier molecular flexibility index (Phi) is 4.52. The standard InChI is InChI=1S/C18H19N5O2/c1-22-11-15(10-21-22)17-14(7-16(24)23(17)2)9-20-18(25)13-5-3-12(8-19)4-6-13/h3-6,10-11,14,17H,7,9H2,1-2H3,(H,20,25)/t14-,17+/m0/s1. The van der Waals surface area contributed by atoms with Crippen LogP contribution in [0.5, 0.6) is 0 Å². The van der Waals surface area contributed by atoms with Gasteiger partial charge < -0.3 is 10.2 Å². The summed E-state index contributed by atoms with van der Waals surface area (Å²) in [5, 5.41) is 15.9. The number of carbonyl (C=O) groups excluding carboxylic acids is 2. The molecular formula is C18H19N5O2. The molecule has 1 saturated heterocycles. The third kappa shape index (κ3) is 3.38. The number of nitrogens with one attached hydrogen (secondary N) is 1. The number of nitriles is 1. The number of likely N-dealkylation sites (tertiary alicyclic amines) is 1. The highest BCUT2D eigenvalue weighted by Crippen LogP contribution is 2.36. The molecule has 2 amide bonds. The Labute approximate surface area is 145 Å². The molecular weight excluding hydrogens is 318 g/mol. The molecule has 1 N–H and O–H groups in total. The minimum Gasteiger partial charge on any atom is -0.352 e. The van der Waals surface area contributed by atoms with Gasteiger partial charge in [0.2, 0.25) is 5.91 Å². The van der Waals surface area contributed by atoms with Gasteiger partial charge >= 0.3 is 0 Å². The van der Waals surface area contributed by atoms with Gasteiger partial charge in [0.15, 0.2) is 0 Å². The molecule has 1 aliphatic rings. The van der Waals surface area contributed by atoms with Crippen molar-refractivity contribution in [2.75, 3.05) is 13.6 Å². The fourth-order valence-corrected chi connectivity index (χ4v) is 3.25. The molecule has 25 heavy (non-hydrogen) atoms. The van der Waals surface area contributed by atoms with Crippen LogP contribution < -0.4 is 5.32 Å². The number of hydrogen-bond acceptors (Lipinski definition) is 4. The van der Waals surface area contributed by atoms with Gasteiger partial charge in [-0.1, -0.05) is 0 Å². The second-order valence-electron chi connectivity index (χ2n) is 6.26. The molecule has 2 heterocycles. The highest BCUT2D eigenvalue weighted by molar-refractivity contribution is 5.94. The Balaban J connectivity index is 1.69. The first-order valence-electron chi connectivity index (χ1n) is 8.02. The maximum absolute atomic E-state index is 12.3. The lowest BCUT2D eigenvalue weighted by Crippen LogP contribution is -2.32. The van der Waals surface area contributed by atoms with Gasteiger partial charge in [0.1, 0.15) is 0 Å². The van der Waals surface area contributed by atoms with Gasteiger partial charge in [0, 0.05) is 50.3 Å². The topological polar surface area (TPSA) is 91.0 Å². The van der Waals surface area contributed by atoms with E-state index < -0.39 is 0 Å². The van der Waals surface area contributed by atoms with Gasteiger partial charge in [-0.2, -0.15) is 10.4 Å². The first-order chi connectivity index (χ1) is 12.0. The Morgan fingerprint density at radius 3 is 2.68 bits per heavy atom. The van der Waals surface area contributed by atoms with Crippen LogP contribution in [-0.4, -0.2) is 40.1 Å². The van der Waals surface area contributed by atoms with Crippen molar-refractivity contribution in [3.8, 4) is 6.07 Å². The van der Waals surface area contributed by atoms with E-state index in [-0.39, 0.29) is 23.8 Å². The van der Waals surface area contributed by atoms with Crippen molar-refractivity contribution in [2.45, 2.75) is 12.5 Å². The number of rotatable bonds is 4. The van der Waals surface area contributed by atoms with E-state index in [0.717, 1.165) is 5.56 Å². The largest absolute Gasteiger partial charge is 0.352 e. The lowest BCUT2D eigenvalue weighted by Gasteiger charge is -2.24. The van der Waals surface area contributed by atoms with Crippen LogP contribution in [0, 0.1) is 17.2 Å². The summed E-state index contributed by atoms with van der Waals surface area (Å²) in [6.07, 6.45) is 4.05. The van der Waals surface area contributed by atoms with E-state index in [0.29, 0.717) is 24.1 Å². The van der Waals surface area contributed by atoms with E-state index in [1.165, 1.54) is 0 Å². The van der Waals surface area contributed by atoms with Gasteiger partial charge in [0.05, 0.1) is 23.9 Å². The van der Waals surface area contributed by atoms with Gasteiger partial charge in [-0.05, 0) is 24.3 Å². The number of aryl methyl sites for hydroxylation is 1. The third-order valence-corrected chi connectivity index (χ3v) is 4.56. The molecule has 1 aromatic heterocycles. The van der Waals surface area contributed by atoms with E-state index >= 15 is 0 Å². The summed E-state index contributed by atoms with van der Waals surface area (Å²) in [5.74, 6) is -0.160. The van der Waals surface area contributed by atoms with E-state index in [1.54, 1.807) is 47.1 Å². The van der Waals surface area contributed by atoms with E-state index in [1.807, 2.05) is 19.3 Å². The summed E-state index contributed by atoms with van der Waals surface area (Å²) in [7, 11) is 3.62. The van der Waals surface area contributed by atoms with Crippen LogP contribution in [0.4, 0.5) is 0 Å². The zero-order valence-electron chi connectivity index (χ0n) is 14.1.